The summed E-state index contributed by atoms with van der Waals surface area (Å²) in [6.07, 6.45) is 5.80. The average Bonchev–Trinajstić information content (AvgIpc) is 2.75. The first-order valence-electron chi connectivity index (χ1n) is 10.3. The van der Waals surface area contributed by atoms with Crippen LogP contribution in [0.25, 0.3) is 6.08 Å². The number of nitrogens with one attached hydrogen (secondary N) is 1. The summed E-state index contributed by atoms with van der Waals surface area (Å²) in [6.45, 7) is 4.99. The standard InChI is InChI=1S/C24H26Cl2N2O3/c1-3-5-6-7-12-31-23-21(26)14-17(15-22(23)30-4-2)13-18(16-27)24(29)28-20-10-8-19(25)9-11-20/h8-11,13-15H,3-7,12H2,1-2H3,(H,28,29). The molecule has 164 valence electrons. The molecule has 0 saturated heterocycles. The van der Waals surface area contributed by atoms with Crippen LogP contribution in [-0.2, 0) is 4.79 Å². The van der Waals surface area contributed by atoms with Gasteiger partial charge in [-0.15, -0.1) is 0 Å². The molecule has 0 heterocycles. The van der Waals surface area contributed by atoms with Crippen LogP contribution in [0.3, 0.4) is 0 Å². The van der Waals surface area contributed by atoms with Gasteiger partial charge >= 0.3 is 0 Å². The number of carbonyl (C=O) groups is 1. The molecule has 1 N–H and O–H groups in total. The summed E-state index contributed by atoms with van der Waals surface area (Å²) >= 11 is 12.3. The Labute approximate surface area is 193 Å². The summed E-state index contributed by atoms with van der Waals surface area (Å²) in [6, 6.07) is 11.9. The molecule has 1 amide bonds. The van der Waals surface area contributed by atoms with Gasteiger partial charge in [-0.1, -0.05) is 49.4 Å². The molecule has 2 aromatic rings. The van der Waals surface area contributed by atoms with Crippen LogP contribution in [0.4, 0.5) is 5.69 Å². The largest absolute Gasteiger partial charge is 0.490 e. The fourth-order valence-corrected chi connectivity index (χ4v) is 3.22. The first-order valence-corrected chi connectivity index (χ1v) is 11.0. The Hall–Kier alpha value is -2.68. The smallest absolute Gasteiger partial charge is 0.266 e. The Bertz CT molecular complexity index is 951. The van der Waals surface area contributed by atoms with Crippen LogP contribution in [0.1, 0.15) is 45.1 Å². The Kier molecular flexibility index (Phi) is 10.2. The second-order valence-electron chi connectivity index (χ2n) is 6.80. The maximum atomic E-state index is 12.5. The van der Waals surface area contributed by atoms with Crippen molar-refractivity contribution in [3.05, 3.63) is 57.6 Å². The lowest BCUT2D eigenvalue weighted by molar-refractivity contribution is -0.112. The van der Waals surface area contributed by atoms with Gasteiger partial charge in [-0.05, 0) is 61.4 Å². The summed E-state index contributed by atoms with van der Waals surface area (Å²) in [5.74, 6) is 0.420. The van der Waals surface area contributed by atoms with Crippen molar-refractivity contribution in [1.29, 1.82) is 5.26 Å². The topological polar surface area (TPSA) is 71.3 Å². The molecule has 0 aliphatic heterocycles. The summed E-state index contributed by atoms with van der Waals surface area (Å²) < 4.78 is 11.5. The molecular weight excluding hydrogens is 435 g/mol. The van der Waals surface area contributed by atoms with E-state index < -0.39 is 5.91 Å². The zero-order valence-electron chi connectivity index (χ0n) is 17.7. The summed E-state index contributed by atoms with van der Waals surface area (Å²) in [5, 5.41) is 13.1. The molecule has 7 heteroatoms. The highest BCUT2D eigenvalue weighted by Gasteiger charge is 2.15. The minimum Gasteiger partial charge on any atom is -0.490 e. The van der Waals surface area contributed by atoms with Crippen molar-refractivity contribution in [2.24, 2.45) is 0 Å². The Balaban J connectivity index is 2.20. The number of halogens is 2. The van der Waals surface area contributed by atoms with Crippen LogP contribution in [0.15, 0.2) is 42.0 Å². The number of benzene rings is 2. The molecule has 0 unspecified atom stereocenters. The number of nitriles is 1. The van der Waals surface area contributed by atoms with Crippen LogP contribution in [0, 0.1) is 11.3 Å². The highest BCUT2D eigenvalue weighted by Crippen LogP contribution is 2.37. The van der Waals surface area contributed by atoms with E-state index in [2.05, 4.69) is 12.2 Å². The number of ether oxygens (including phenoxy) is 2. The molecule has 0 aliphatic carbocycles. The van der Waals surface area contributed by atoms with E-state index in [1.165, 1.54) is 6.08 Å². The number of rotatable bonds is 11. The van der Waals surface area contributed by atoms with Crippen molar-refractivity contribution in [2.45, 2.75) is 39.5 Å². The lowest BCUT2D eigenvalue weighted by Gasteiger charge is -2.14. The highest BCUT2D eigenvalue weighted by atomic mass is 35.5. The van der Waals surface area contributed by atoms with Crippen LogP contribution in [0.2, 0.25) is 10.0 Å². The van der Waals surface area contributed by atoms with Crippen LogP contribution < -0.4 is 14.8 Å². The third-order valence-electron chi connectivity index (χ3n) is 4.35. The van der Waals surface area contributed by atoms with Crippen molar-refractivity contribution >= 4 is 40.9 Å². The van der Waals surface area contributed by atoms with E-state index in [0.717, 1.165) is 25.7 Å². The summed E-state index contributed by atoms with van der Waals surface area (Å²) in [5.41, 5.74) is 1.03. The second kappa shape index (κ2) is 12.9. The van der Waals surface area contributed by atoms with Crippen molar-refractivity contribution < 1.29 is 14.3 Å². The Morgan fingerprint density at radius 1 is 1.10 bits per heavy atom. The molecule has 0 bridgehead atoms. The van der Waals surface area contributed by atoms with E-state index in [-0.39, 0.29) is 5.57 Å². The van der Waals surface area contributed by atoms with Crippen molar-refractivity contribution in [1.82, 2.24) is 0 Å². The minimum atomic E-state index is -0.532. The van der Waals surface area contributed by atoms with Gasteiger partial charge in [-0.2, -0.15) is 5.26 Å². The van der Waals surface area contributed by atoms with E-state index in [1.54, 1.807) is 36.4 Å². The molecule has 5 nitrogen and oxygen atoms in total. The summed E-state index contributed by atoms with van der Waals surface area (Å²) in [4.78, 5) is 12.5. The van der Waals surface area contributed by atoms with E-state index in [0.29, 0.717) is 46.0 Å². The maximum Gasteiger partial charge on any atom is 0.266 e. The van der Waals surface area contributed by atoms with E-state index in [1.807, 2.05) is 13.0 Å². The quantitative estimate of drug-likeness (QED) is 0.225. The highest BCUT2D eigenvalue weighted by molar-refractivity contribution is 6.32. The van der Waals surface area contributed by atoms with Crippen LogP contribution in [0.5, 0.6) is 11.5 Å². The SMILES string of the molecule is CCCCCCOc1c(Cl)cc(C=C(C#N)C(=O)Nc2ccc(Cl)cc2)cc1OCC. The Morgan fingerprint density at radius 3 is 2.48 bits per heavy atom. The van der Waals surface area contributed by atoms with Gasteiger partial charge < -0.3 is 14.8 Å². The molecular formula is C24H26Cl2N2O3. The summed E-state index contributed by atoms with van der Waals surface area (Å²) in [7, 11) is 0. The van der Waals surface area contributed by atoms with Gasteiger partial charge in [-0.3, -0.25) is 4.79 Å². The molecule has 2 aromatic carbocycles. The molecule has 0 spiro atoms. The van der Waals surface area contributed by atoms with Crippen molar-refractivity contribution in [3.63, 3.8) is 0 Å². The number of carbonyl (C=O) groups excluding carboxylic acids is 1. The first-order chi connectivity index (χ1) is 15.0. The number of amides is 1. The molecule has 0 saturated carbocycles. The predicted molar refractivity (Wildman–Crippen MR) is 126 cm³/mol. The third-order valence-corrected chi connectivity index (χ3v) is 4.89. The van der Waals surface area contributed by atoms with E-state index >= 15 is 0 Å². The number of nitrogens with zero attached hydrogens (tertiary/aromatic N) is 1. The van der Waals surface area contributed by atoms with Crippen LogP contribution >= 0.6 is 23.2 Å². The number of hydrogen-bond acceptors (Lipinski definition) is 4. The molecule has 0 aromatic heterocycles. The van der Waals surface area contributed by atoms with E-state index in [9.17, 15) is 10.1 Å². The van der Waals surface area contributed by atoms with Gasteiger partial charge in [-0.25, -0.2) is 0 Å². The van der Waals surface area contributed by atoms with Gasteiger partial charge in [0.25, 0.3) is 5.91 Å². The number of unbranched alkanes of at least 4 members (excludes halogenated alkanes) is 3. The lowest BCUT2D eigenvalue weighted by atomic mass is 10.1. The Morgan fingerprint density at radius 2 is 1.84 bits per heavy atom. The molecule has 0 fully saturated rings. The molecule has 0 atom stereocenters. The molecule has 31 heavy (non-hydrogen) atoms. The zero-order chi connectivity index (χ0) is 22.6. The monoisotopic (exact) mass is 460 g/mol. The van der Waals surface area contributed by atoms with Gasteiger partial charge in [0.15, 0.2) is 11.5 Å². The number of anilines is 1. The van der Waals surface area contributed by atoms with Gasteiger partial charge in [0, 0.05) is 10.7 Å². The fraction of sp³-hybridized carbons (Fsp3) is 0.333. The van der Waals surface area contributed by atoms with Gasteiger partial charge in [0.1, 0.15) is 11.6 Å². The second-order valence-corrected chi connectivity index (χ2v) is 7.65. The van der Waals surface area contributed by atoms with Crippen molar-refractivity contribution in [3.8, 4) is 17.6 Å². The predicted octanol–water partition coefficient (Wildman–Crippen LogP) is 6.90. The minimum absolute atomic E-state index is 0.0679. The first kappa shape index (κ1) is 24.6. The third kappa shape index (κ3) is 7.82. The van der Waals surface area contributed by atoms with Crippen LogP contribution in [-0.4, -0.2) is 19.1 Å². The maximum absolute atomic E-state index is 12.5. The normalized spacial score (nSPS) is 11.0. The molecule has 0 radical (unpaired) electrons. The molecule has 0 aliphatic rings. The lowest BCUT2D eigenvalue weighted by Crippen LogP contribution is -2.13. The fourth-order valence-electron chi connectivity index (χ4n) is 2.82. The zero-order valence-corrected chi connectivity index (χ0v) is 19.2. The van der Waals surface area contributed by atoms with Gasteiger partial charge in [0.05, 0.1) is 18.2 Å². The van der Waals surface area contributed by atoms with Crippen molar-refractivity contribution in [2.75, 3.05) is 18.5 Å². The molecule has 2 rings (SSSR count). The number of hydrogen-bond donors (Lipinski definition) is 1. The average molecular weight is 461 g/mol. The van der Waals surface area contributed by atoms with E-state index in [4.69, 9.17) is 32.7 Å². The van der Waals surface area contributed by atoms with Gasteiger partial charge in [0.2, 0.25) is 0 Å².